The van der Waals surface area contributed by atoms with Crippen LogP contribution in [-0.2, 0) is 4.79 Å². The third-order valence-electron chi connectivity index (χ3n) is 3.16. The number of likely N-dealkylation sites (N-methyl/N-ethyl adjacent to an activating group) is 1. The first-order valence-electron chi connectivity index (χ1n) is 6.07. The number of nitrogens with two attached hydrogens (primary N) is 1. The first kappa shape index (κ1) is 14.5. The molecule has 100 valence electrons. The van der Waals surface area contributed by atoms with Gasteiger partial charge in [-0.3, -0.25) is 4.79 Å². The number of aryl methyl sites for hydroxylation is 2. The Kier molecular flexibility index (Phi) is 4.73. The van der Waals surface area contributed by atoms with Gasteiger partial charge < -0.3 is 15.8 Å². The lowest BCUT2D eigenvalue weighted by molar-refractivity contribution is -0.124. The highest BCUT2D eigenvalue weighted by Crippen LogP contribution is 2.17. The van der Waals surface area contributed by atoms with Crippen molar-refractivity contribution >= 4 is 5.91 Å². The predicted molar refractivity (Wildman–Crippen MR) is 72.7 cm³/mol. The zero-order valence-corrected chi connectivity index (χ0v) is 11.5. The molecule has 0 spiro atoms. The highest BCUT2D eigenvalue weighted by atomic mass is 16.5. The molecule has 18 heavy (non-hydrogen) atoms. The van der Waals surface area contributed by atoms with Gasteiger partial charge in [-0.25, -0.2) is 0 Å². The molecule has 0 saturated carbocycles. The van der Waals surface area contributed by atoms with E-state index >= 15 is 0 Å². The van der Waals surface area contributed by atoms with E-state index in [1.54, 1.807) is 14.0 Å². The zero-order chi connectivity index (χ0) is 13.8. The van der Waals surface area contributed by atoms with Crippen molar-refractivity contribution in [2.75, 3.05) is 13.7 Å². The Hall–Kier alpha value is -1.55. The fourth-order valence-corrected chi connectivity index (χ4v) is 1.76. The Morgan fingerprint density at radius 1 is 1.33 bits per heavy atom. The third-order valence-corrected chi connectivity index (χ3v) is 3.16. The largest absolute Gasteiger partial charge is 0.493 e. The summed E-state index contributed by atoms with van der Waals surface area (Å²) in [5, 5.41) is 2.93. The van der Waals surface area contributed by atoms with E-state index in [2.05, 4.69) is 11.4 Å². The molecule has 0 radical (unpaired) electrons. The van der Waals surface area contributed by atoms with Crippen LogP contribution in [-0.4, -0.2) is 25.1 Å². The summed E-state index contributed by atoms with van der Waals surface area (Å²) in [7, 11) is 1.72. The lowest BCUT2D eigenvalue weighted by Gasteiger charge is -2.25. The summed E-state index contributed by atoms with van der Waals surface area (Å²) in [5.41, 5.74) is 6.96. The second-order valence-corrected chi connectivity index (χ2v) is 4.87. The molecule has 0 aliphatic carbocycles. The number of nitrogens with one attached hydrogen (secondary N) is 1. The molecule has 4 heteroatoms. The number of benzene rings is 1. The zero-order valence-electron chi connectivity index (χ0n) is 11.5. The topological polar surface area (TPSA) is 64.3 Å². The molecule has 1 unspecified atom stereocenters. The smallest absolute Gasteiger partial charge is 0.237 e. The van der Waals surface area contributed by atoms with Crippen molar-refractivity contribution in [1.82, 2.24) is 5.32 Å². The monoisotopic (exact) mass is 250 g/mol. The van der Waals surface area contributed by atoms with Crippen LogP contribution in [0, 0.1) is 13.8 Å². The molecule has 1 amide bonds. The van der Waals surface area contributed by atoms with Crippen LogP contribution < -0.4 is 15.8 Å². The summed E-state index contributed by atoms with van der Waals surface area (Å²) in [6.07, 6.45) is 0.534. The molecule has 3 N–H and O–H groups in total. The van der Waals surface area contributed by atoms with E-state index < -0.39 is 5.54 Å². The summed E-state index contributed by atoms with van der Waals surface area (Å²) in [5.74, 6) is 0.462. The van der Waals surface area contributed by atoms with Crippen molar-refractivity contribution in [3.8, 4) is 5.75 Å². The van der Waals surface area contributed by atoms with Crippen molar-refractivity contribution in [2.45, 2.75) is 32.7 Å². The number of carbonyl (C=O) groups is 1. The molecule has 1 aromatic rings. The normalized spacial score (nSPS) is 14.0. The summed E-state index contributed by atoms with van der Waals surface area (Å²) < 4.78 is 5.67. The Morgan fingerprint density at radius 3 is 2.33 bits per heavy atom. The van der Waals surface area contributed by atoms with Crippen LogP contribution in [0.2, 0.25) is 0 Å². The van der Waals surface area contributed by atoms with Crippen LogP contribution in [0.15, 0.2) is 18.2 Å². The number of primary amides is 1. The van der Waals surface area contributed by atoms with Gasteiger partial charge in [0.1, 0.15) is 5.75 Å². The maximum atomic E-state index is 11.3. The number of ether oxygens (including phenoxy) is 1. The van der Waals surface area contributed by atoms with Crippen LogP contribution in [0.1, 0.15) is 24.5 Å². The van der Waals surface area contributed by atoms with Gasteiger partial charge >= 0.3 is 0 Å². The van der Waals surface area contributed by atoms with Crippen LogP contribution in [0.3, 0.4) is 0 Å². The van der Waals surface area contributed by atoms with Crippen LogP contribution in [0.4, 0.5) is 0 Å². The highest BCUT2D eigenvalue weighted by molar-refractivity contribution is 5.84. The molecule has 0 fully saturated rings. The second kappa shape index (κ2) is 5.87. The van der Waals surface area contributed by atoms with Crippen LogP contribution in [0.5, 0.6) is 5.75 Å². The molecule has 0 saturated heterocycles. The molecule has 0 aliphatic heterocycles. The first-order chi connectivity index (χ1) is 8.37. The number of amides is 1. The van der Waals surface area contributed by atoms with Gasteiger partial charge in [0.2, 0.25) is 5.91 Å². The highest BCUT2D eigenvalue weighted by Gasteiger charge is 2.28. The van der Waals surface area contributed by atoms with Crippen LogP contribution >= 0.6 is 0 Å². The number of rotatable bonds is 6. The molecule has 0 bridgehead atoms. The summed E-state index contributed by atoms with van der Waals surface area (Å²) in [4.78, 5) is 11.3. The van der Waals surface area contributed by atoms with Gasteiger partial charge in [-0.05, 0) is 51.1 Å². The van der Waals surface area contributed by atoms with Crippen molar-refractivity contribution in [1.29, 1.82) is 0 Å². The summed E-state index contributed by atoms with van der Waals surface area (Å²) in [6.45, 7) is 6.28. The summed E-state index contributed by atoms with van der Waals surface area (Å²) >= 11 is 0. The first-order valence-corrected chi connectivity index (χ1v) is 6.07. The van der Waals surface area contributed by atoms with E-state index in [-0.39, 0.29) is 5.91 Å². The molecule has 1 aromatic carbocycles. The van der Waals surface area contributed by atoms with Crippen LogP contribution in [0.25, 0.3) is 0 Å². The minimum atomic E-state index is -0.723. The number of carbonyl (C=O) groups excluding carboxylic acids is 1. The summed E-state index contributed by atoms with van der Waals surface area (Å²) in [6, 6.07) is 6.05. The Bertz CT molecular complexity index is 412. The van der Waals surface area contributed by atoms with Gasteiger partial charge in [0.05, 0.1) is 12.1 Å². The Balaban J connectivity index is 2.58. The molecule has 4 nitrogen and oxygen atoms in total. The third kappa shape index (κ3) is 3.74. The Morgan fingerprint density at radius 2 is 1.89 bits per heavy atom. The molecular weight excluding hydrogens is 228 g/mol. The Labute approximate surface area is 109 Å². The van der Waals surface area contributed by atoms with Crippen molar-refractivity contribution < 1.29 is 9.53 Å². The van der Waals surface area contributed by atoms with Crippen molar-refractivity contribution in [3.63, 3.8) is 0 Å². The van der Waals surface area contributed by atoms with E-state index in [4.69, 9.17) is 10.5 Å². The van der Waals surface area contributed by atoms with Crippen molar-refractivity contribution in [2.24, 2.45) is 5.73 Å². The van der Waals surface area contributed by atoms with E-state index in [1.807, 2.05) is 26.0 Å². The van der Waals surface area contributed by atoms with E-state index in [1.165, 1.54) is 0 Å². The van der Waals surface area contributed by atoms with Gasteiger partial charge in [0.15, 0.2) is 0 Å². The van der Waals surface area contributed by atoms with E-state index in [0.717, 1.165) is 16.9 Å². The van der Waals surface area contributed by atoms with Gasteiger partial charge in [0, 0.05) is 6.42 Å². The fourth-order valence-electron chi connectivity index (χ4n) is 1.76. The van der Waals surface area contributed by atoms with Gasteiger partial charge in [0.25, 0.3) is 0 Å². The average molecular weight is 250 g/mol. The van der Waals surface area contributed by atoms with Gasteiger partial charge in [-0.2, -0.15) is 0 Å². The maximum absolute atomic E-state index is 11.3. The number of hydrogen-bond acceptors (Lipinski definition) is 3. The molecular formula is C14H22N2O2. The van der Waals surface area contributed by atoms with E-state index in [9.17, 15) is 4.79 Å². The quantitative estimate of drug-likeness (QED) is 0.805. The standard InChI is InChI=1S/C14H22N2O2/c1-10-7-11(2)9-12(8-10)18-6-5-14(3,16-4)13(15)17/h7-9,16H,5-6H2,1-4H3,(H2,15,17). The minimum Gasteiger partial charge on any atom is -0.493 e. The lowest BCUT2D eigenvalue weighted by atomic mass is 9.98. The second-order valence-electron chi connectivity index (χ2n) is 4.87. The van der Waals surface area contributed by atoms with Gasteiger partial charge in [-0.15, -0.1) is 0 Å². The lowest BCUT2D eigenvalue weighted by Crippen LogP contribution is -2.52. The van der Waals surface area contributed by atoms with Crippen molar-refractivity contribution in [3.05, 3.63) is 29.3 Å². The SMILES string of the molecule is CNC(C)(CCOc1cc(C)cc(C)c1)C(N)=O. The molecule has 1 atom stereocenters. The van der Waals surface area contributed by atoms with Gasteiger partial charge in [-0.1, -0.05) is 6.07 Å². The molecule has 0 heterocycles. The predicted octanol–water partition coefficient (Wildman–Crippen LogP) is 1.54. The molecule has 0 aliphatic rings. The number of hydrogen-bond donors (Lipinski definition) is 2. The van der Waals surface area contributed by atoms with E-state index in [0.29, 0.717) is 13.0 Å². The minimum absolute atomic E-state index is 0.367. The average Bonchev–Trinajstić information content (AvgIpc) is 2.27. The molecule has 1 rings (SSSR count). The molecule has 0 aromatic heterocycles. The maximum Gasteiger partial charge on any atom is 0.237 e. The fraction of sp³-hybridized carbons (Fsp3) is 0.500.